The highest BCUT2D eigenvalue weighted by atomic mass is 16.7. The van der Waals surface area contributed by atoms with Crippen molar-refractivity contribution in [2.24, 2.45) is 0 Å². The van der Waals surface area contributed by atoms with Gasteiger partial charge in [0.25, 0.3) is 0 Å². The fourth-order valence-corrected chi connectivity index (χ4v) is 2.64. The Labute approximate surface area is 149 Å². The Morgan fingerprint density at radius 1 is 0.808 bits per heavy atom. The van der Waals surface area contributed by atoms with E-state index in [9.17, 15) is 35.7 Å². The van der Waals surface area contributed by atoms with Gasteiger partial charge in [0, 0.05) is 0 Å². The smallest absolute Gasteiger partial charge is 0.192 e. The molecule has 2 unspecified atom stereocenters. The molecule has 10 N–H and O–H groups in total. The Morgan fingerprint density at radius 3 is 1.65 bits per heavy atom. The van der Waals surface area contributed by atoms with E-state index in [0.717, 1.165) is 6.92 Å². The van der Waals surface area contributed by atoms with Crippen LogP contribution in [0.25, 0.3) is 0 Å². The Hall–Kier alpha value is -0.480. The molecular formula is C14H28O12. The molecule has 2 aliphatic rings. The molecule has 10 atom stereocenters. The van der Waals surface area contributed by atoms with Crippen molar-refractivity contribution in [3.05, 3.63) is 0 Å². The van der Waals surface area contributed by atoms with Gasteiger partial charge in [-0.15, -0.1) is 0 Å². The van der Waals surface area contributed by atoms with Gasteiger partial charge < -0.3 is 60.5 Å². The summed E-state index contributed by atoms with van der Waals surface area (Å²) in [6, 6.07) is 0. The normalized spacial score (nSPS) is 50.1. The Bertz CT molecular complexity index is 442. The summed E-state index contributed by atoms with van der Waals surface area (Å²) in [4.78, 5) is 0. The summed E-state index contributed by atoms with van der Waals surface area (Å²) in [7, 11) is 0. The minimum absolute atomic E-state index is 0.541. The predicted octanol–water partition coefficient (Wildman–Crippen LogP) is -5.66. The third-order valence-electron chi connectivity index (χ3n) is 4.32. The lowest BCUT2D eigenvalue weighted by Crippen LogP contribution is -2.63. The lowest BCUT2D eigenvalue weighted by molar-refractivity contribution is -0.341. The lowest BCUT2D eigenvalue weighted by atomic mass is 9.94. The average Bonchev–Trinajstić information content (AvgIpc) is 2.79. The largest absolute Gasteiger partial charge is 0.394 e. The Kier molecular flexibility index (Phi) is 7.87. The van der Waals surface area contributed by atoms with Gasteiger partial charge in [-0.1, -0.05) is 0 Å². The number of aliphatic hydroxyl groups excluding tert-OH is 8. The molecule has 2 aliphatic heterocycles. The number of aliphatic hydroxyl groups is 10. The average molecular weight is 388 g/mol. The monoisotopic (exact) mass is 388 g/mol. The van der Waals surface area contributed by atoms with Crippen molar-refractivity contribution in [1.82, 2.24) is 0 Å². The molecule has 0 aromatic heterocycles. The molecule has 0 radical (unpaired) electrons. The van der Waals surface area contributed by atoms with Crippen molar-refractivity contribution < 1.29 is 60.5 Å². The molecule has 0 saturated carbocycles. The Morgan fingerprint density at radius 2 is 1.27 bits per heavy atom. The van der Waals surface area contributed by atoms with E-state index >= 15 is 0 Å². The first-order valence-electron chi connectivity index (χ1n) is 7.90. The quantitative estimate of drug-likeness (QED) is 0.218. The molecule has 2 rings (SSSR count). The molecule has 2 fully saturated rings. The van der Waals surface area contributed by atoms with Crippen molar-refractivity contribution in [2.75, 3.05) is 13.2 Å². The predicted molar refractivity (Wildman–Crippen MR) is 81.2 cm³/mol. The highest BCUT2D eigenvalue weighted by molar-refractivity contribution is 4.96. The first-order chi connectivity index (χ1) is 11.8. The van der Waals surface area contributed by atoms with E-state index in [2.05, 4.69) is 0 Å². The van der Waals surface area contributed by atoms with Crippen LogP contribution < -0.4 is 0 Å². The zero-order chi connectivity index (χ0) is 20.4. The van der Waals surface area contributed by atoms with Crippen molar-refractivity contribution in [3.8, 4) is 0 Å². The first kappa shape index (κ1) is 23.6. The van der Waals surface area contributed by atoms with Crippen molar-refractivity contribution >= 4 is 0 Å². The molecule has 12 nitrogen and oxygen atoms in total. The minimum Gasteiger partial charge on any atom is -0.394 e. The lowest BCUT2D eigenvalue weighted by Gasteiger charge is -2.43. The van der Waals surface area contributed by atoms with Crippen LogP contribution in [0.3, 0.4) is 0 Å². The second-order valence-corrected chi connectivity index (χ2v) is 6.64. The molecule has 2 heterocycles. The third kappa shape index (κ3) is 4.86. The van der Waals surface area contributed by atoms with Crippen molar-refractivity contribution in [1.29, 1.82) is 0 Å². The maximum atomic E-state index is 9.38. The second-order valence-electron chi connectivity index (χ2n) is 6.64. The second kappa shape index (κ2) is 8.68. The summed E-state index contributed by atoms with van der Waals surface area (Å²) >= 11 is 0. The van der Waals surface area contributed by atoms with Crippen LogP contribution in [0.4, 0.5) is 0 Å². The van der Waals surface area contributed by atoms with Crippen LogP contribution in [-0.2, 0) is 9.47 Å². The summed E-state index contributed by atoms with van der Waals surface area (Å²) in [5.41, 5.74) is 0. The molecular weight excluding hydrogens is 360 g/mol. The maximum Gasteiger partial charge on any atom is 0.192 e. The van der Waals surface area contributed by atoms with E-state index in [1.54, 1.807) is 0 Å². The molecule has 2 saturated heterocycles. The fourth-order valence-electron chi connectivity index (χ4n) is 2.64. The van der Waals surface area contributed by atoms with Gasteiger partial charge >= 0.3 is 0 Å². The van der Waals surface area contributed by atoms with Gasteiger partial charge in [-0.3, -0.25) is 0 Å². The zero-order valence-electron chi connectivity index (χ0n) is 14.3. The van der Waals surface area contributed by atoms with E-state index in [1.807, 2.05) is 0 Å². The highest BCUT2D eigenvalue weighted by Gasteiger charge is 2.52. The topological polar surface area (TPSA) is 221 Å². The number of rotatable bonds is 3. The van der Waals surface area contributed by atoms with Gasteiger partial charge in [-0.05, 0) is 13.8 Å². The standard InChI is InChI=1S/2C7H14O6/c1-7(12)6(11)4(10)5(13-7)3(9)2-8;1-7(12)6(11)5(10)4(9)3(2-8)13-7/h2*3-6,8-12H,2H2,1H3/t2*3-,4+,5+,6-,7?/m11/s1. The van der Waals surface area contributed by atoms with Gasteiger partial charge in [0.1, 0.15) is 48.8 Å². The molecule has 0 aromatic carbocycles. The molecule has 26 heavy (non-hydrogen) atoms. The fraction of sp³-hybridized carbons (Fsp3) is 1.00. The Balaban J connectivity index is 0.000000260. The van der Waals surface area contributed by atoms with E-state index in [0.29, 0.717) is 0 Å². The van der Waals surface area contributed by atoms with Crippen molar-refractivity contribution in [3.63, 3.8) is 0 Å². The van der Waals surface area contributed by atoms with Crippen LogP contribution in [-0.4, -0.2) is 125 Å². The summed E-state index contributed by atoms with van der Waals surface area (Å²) in [6.45, 7) is 1.17. The zero-order valence-corrected chi connectivity index (χ0v) is 14.3. The van der Waals surface area contributed by atoms with Crippen molar-refractivity contribution in [2.45, 2.75) is 74.3 Å². The molecule has 12 heteroatoms. The molecule has 0 spiro atoms. The first-order valence-corrected chi connectivity index (χ1v) is 7.90. The summed E-state index contributed by atoms with van der Waals surface area (Å²) < 4.78 is 9.53. The molecule has 0 aromatic rings. The van der Waals surface area contributed by atoms with E-state index in [-0.39, 0.29) is 0 Å². The summed E-state index contributed by atoms with van der Waals surface area (Å²) in [5, 5.41) is 91.3. The molecule has 156 valence electrons. The van der Waals surface area contributed by atoms with Crippen LogP contribution in [0.2, 0.25) is 0 Å². The minimum atomic E-state index is -1.95. The number of ether oxygens (including phenoxy) is 2. The van der Waals surface area contributed by atoms with Crippen LogP contribution in [0, 0.1) is 0 Å². The molecule has 0 amide bonds. The number of hydrogen-bond donors (Lipinski definition) is 10. The summed E-state index contributed by atoms with van der Waals surface area (Å²) in [6.07, 6.45) is -11.0. The maximum absolute atomic E-state index is 9.38. The SMILES string of the molecule is CC1(O)O[C@@H]([C@H](O)CO)[C@H](O)[C@H]1O.CC1(O)O[C@H](CO)[C@H](O)[C@H](O)[C@H]1O. The van der Waals surface area contributed by atoms with Crippen LogP contribution >= 0.6 is 0 Å². The van der Waals surface area contributed by atoms with E-state index in [4.69, 9.17) is 24.8 Å². The van der Waals surface area contributed by atoms with E-state index < -0.39 is 73.6 Å². The van der Waals surface area contributed by atoms with Gasteiger partial charge in [-0.2, -0.15) is 0 Å². The van der Waals surface area contributed by atoms with Gasteiger partial charge in [-0.25, -0.2) is 0 Å². The third-order valence-corrected chi connectivity index (χ3v) is 4.32. The number of hydrogen-bond acceptors (Lipinski definition) is 12. The highest BCUT2D eigenvalue weighted by Crippen LogP contribution is 2.30. The van der Waals surface area contributed by atoms with Crippen LogP contribution in [0.5, 0.6) is 0 Å². The van der Waals surface area contributed by atoms with Gasteiger partial charge in [0.05, 0.1) is 13.2 Å². The van der Waals surface area contributed by atoms with E-state index in [1.165, 1.54) is 6.92 Å². The molecule has 0 aliphatic carbocycles. The van der Waals surface area contributed by atoms with Gasteiger partial charge in [0.2, 0.25) is 0 Å². The van der Waals surface area contributed by atoms with Crippen LogP contribution in [0.15, 0.2) is 0 Å². The molecule has 0 bridgehead atoms. The van der Waals surface area contributed by atoms with Gasteiger partial charge in [0.15, 0.2) is 11.6 Å². The summed E-state index contributed by atoms with van der Waals surface area (Å²) in [5.74, 6) is -3.84. The van der Waals surface area contributed by atoms with Crippen LogP contribution in [0.1, 0.15) is 13.8 Å².